The third kappa shape index (κ3) is 3.22. The summed E-state index contributed by atoms with van der Waals surface area (Å²) in [5.74, 6) is 0.348. The summed E-state index contributed by atoms with van der Waals surface area (Å²) in [4.78, 5) is 31.9. The Balaban J connectivity index is 1.49. The minimum atomic E-state index is -0.442. The van der Waals surface area contributed by atoms with Crippen molar-refractivity contribution in [2.45, 2.75) is 19.8 Å². The van der Waals surface area contributed by atoms with Gasteiger partial charge in [-0.05, 0) is 43.0 Å². The first-order valence-corrected chi connectivity index (χ1v) is 9.61. The van der Waals surface area contributed by atoms with Crippen LogP contribution in [0.25, 0.3) is 4.96 Å². The summed E-state index contributed by atoms with van der Waals surface area (Å²) in [6.45, 7) is 4.42. The molecule has 1 saturated heterocycles. The van der Waals surface area contributed by atoms with Gasteiger partial charge in [0, 0.05) is 42.2 Å². The SMILES string of the molecule is CC1CCN(c2ccc(NC(=O)c3cnc4sccn4c3=O)cc2)CC1. The zero-order chi connectivity index (χ0) is 18.1. The first kappa shape index (κ1) is 16.8. The van der Waals surface area contributed by atoms with E-state index in [1.54, 1.807) is 11.6 Å². The van der Waals surface area contributed by atoms with Gasteiger partial charge in [0.25, 0.3) is 11.5 Å². The van der Waals surface area contributed by atoms with E-state index in [4.69, 9.17) is 0 Å². The summed E-state index contributed by atoms with van der Waals surface area (Å²) in [5, 5.41) is 4.56. The Morgan fingerprint density at radius 2 is 1.96 bits per heavy atom. The number of thiazole rings is 1. The number of hydrogen-bond donors (Lipinski definition) is 1. The van der Waals surface area contributed by atoms with E-state index < -0.39 is 5.91 Å². The number of nitrogens with zero attached hydrogens (tertiary/aromatic N) is 3. The van der Waals surface area contributed by atoms with Crippen molar-refractivity contribution in [3.05, 3.63) is 58.0 Å². The molecule has 0 atom stereocenters. The summed E-state index contributed by atoms with van der Waals surface area (Å²) >= 11 is 1.36. The number of anilines is 2. The molecule has 1 N–H and O–H groups in total. The minimum Gasteiger partial charge on any atom is -0.372 e. The van der Waals surface area contributed by atoms with Crippen LogP contribution in [0, 0.1) is 5.92 Å². The van der Waals surface area contributed by atoms with E-state index in [-0.39, 0.29) is 11.1 Å². The fourth-order valence-electron chi connectivity index (χ4n) is 3.20. The van der Waals surface area contributed by atoms with Crippen molar-refractivity contribution in [1.29, 1.82) is 0 Å². The quantitative estimate of drug-likeness (QED) is 0.771. The number of aromatic nitrogens is 2. The van der Waals surface area contributed by atoms with E-state index in [0.29, 0.717) is 10.6 Å². The monoisotopic (exact) mass is 368 g/mol. The largest absolute Gasteiger partial charge is 0.372 e. The maximum atomic E-state index is 12.5. The van der Waals surface area contributed by atoms with Crippen LogP contribution in [0.4, 0.5) is 11.4 Å². The number of benzene rings is 1. The molecular weight excluding hydrogens is 348 g/mol. The van der Waals surface area contributed by atoms with Gasteiger partial charge in [0.2, 0.25) is 0 Å². The molecule has 0 spiro atoms. The van der Waals surface area contributed by atoms with E-state index in [1.165, 1.54) is 34.8 Å². The molecular formula is C19H20N4O2S. The fourth-order valence-corrected chi connectivity index (χ4v) is 3.88. The zero-order valence-electron chi connectivity index (χ0n) is 14.5. The number of piperidine rings is 1. The van der Waals surface area contributed by atoms with Crippen molar-refractivity contribution in [2.75, 3.05) is 23.3 Å². The maximum absolute atomic E-state index is 12.5. The molecule has 3 heterocycles. The van der Waals surface area contributed by atoms with Crippen molar-refractivity contribution >= 4 is 33.6 Å². The molecule has 1 fully saturated rings. The van der Waals surface area contributed by atoms with Gasteiger partial charge in [-0.1, -0.05) is 6.92 Å². The molecule has 1 aromatic carbocycles. The summed E-state index contributed by atoms with van der Waals surface area (Å²) in [7, 11) is 0. The Morgan fingerprint density at radius 3 is 2.69 bits per heavy atom. The first-order valence-electron chi connectivity index (χ1n) is 8.73. The van der Waals surface area contributed by atoms with Gasteiger partial charge in [-0.25, -0.2) is 4.98 Å². The normalized spacial score (nSPS) is 15.3. The second-order valence-corrected chi connectivity index (χ2v) is 7.58. The smallest absolute Gasteiger partial charge is 0.271 e. The molecule has 0 aliphatic carbocycles. The van der Waals surface area contributed by atoms with Crippen molar-refractivity contribution in [3.8, 4) is 0 Å². The third-order valence-electron chi connectivity index (χ3n) is 4.86. The Labute approximate surface area is 155 Å². The standard InChI is InChI=1S/C19H20N4O2S/c1-13-6-8-22(9-7-13)15-4-2-14(3-5-15)21-17(24)16-12-20-19-23(18(16)25)10-11-26-19/h2-5,10-13H,6-9H2,1H3,(H,21,24). The van der Waals surface area contributed by atoms with Gasteiger partial charge in [-0.2, -0.15) is 0 Å². The molecule has 1 aliphatic rings. The predicted molar refractivity (Wildman–Crippen MR) is 104 cm³/mol. The summed E-state index contributed by atoms with van der Waals surface area (Å²) < 4.78 is 1.39. The van der Waals surface area contributed by atoms with E-state index >= 15 is 0 Å². The molecule has 26 heavy (non-hydrogen) atoms. The van der Waals surface area contributed by atoms with Crippen LogP contribution >= 0.6 is 11.3 Å². The van der Waals surface area contributed by atoms with Crippen LogP contribution in [0.3, 0.4) is 0 Å². The molecule has 7 heteroatoms. The molecule has 0 saturated carbocycles. The molecule has 3 aromatic rings. The second kappa shape index (κ2) is 6.92. The lowest BCUT2D eigenvalue weighted by atomic mass is 9.99. The van der Waals surface area contributed by atoms with Crippen LogP contribution in [0.5, 0.6) is 0 Å². The second-order valence-electron chi connectivity index (χ2n) is 6.70. The lowest BCUT2D eigenvalue weighted by Crippen LogP contribution is -2.32. The number of amides is 1. The highest BCUT2D eigenvalue weighted by Crippen LogP contribution is 2.24. The van der Waals surface area contributed by atoms with Crippen molar-refractivity contribution < 1.29 is 4.79 Å². The number of nitrogens with one attached hydrogen (secondary N) is 1. The third-order valence-corrected chi connectivity index (χ3v) is 5.63. The van der Waals surface area contributed by atoms with Crippen LogP contribution < -0.4 is 15.8 Å². The first-order chi connectivity index (χ1) is 12.6. The molecule has 0 radical (unpaired) electrons. The van der Waals surface area contributed by atoms with E-state index in [9.17, 15) is 9.59 Å². The van der Waals surface area contributed by atoms with Crippen LogP contribution in [-0.4, -0.2) is 28.4 Å². The van der Waals surface area contributed by atoms with Crippen LogP contribution in [0.2, 0.25) is 0 Å². The van der Waals surface area contributed by atoms with E-state index in [1.807, 2.05) is 24.3 Å². The van der Waals surface area contributed by atoms with Crippen molar-refractivity contribution in [2.24, 2.45) is 5.92 Å². The van der Waals surface area contributed by atoms with Crippen LogP contribution in [0.1, 0.15) is 30.1 Å². The molecule has 4 rings (SSSR count). The van der Waals surface area contributed by atoms with Gasteiger partial charge in [0.05, 0.1) is 0 Å². The van der Waals surface area contributed by atoms with Gasteiger partial charge in [0.1, 0.15) is 5.56 Å². The van der Waals surface area contributed by atoms with Gasteiger partial charge in [-0.3, -0.25) is 14.0 Å². The summed E-state index contributed by atoms with van der Waals surface area (Å²) in [5.41, 5.74) is 1.51. The fraction of sp³-hybridized carbons (Fsp3) is 0.316. The molecule has 0 unspecified atom stereocenters. The number of carbonyl (C=O) groups excluding carboxylic acids is 1. The van der Waals surface area contributed by atoms with Gasteiger partial charge < -0.3 is 10.2 Å². The van der Waals surface area contributed by atoms with Crippen molar-refractivity contribution in [3.63, 3.8) is 0 Å². The number of fused-ring (bicyclic) bond motifs is 1. The maximum Gasteiger partial charge on any atom is 0.271 e. The summed E-state index contributed by atoms with van der Waals surface area (Å²) in [6.07, 6.45) is 5.38. The molecule has 2 aromatic heterocycles. The van der Waals surface area contributed by atoms with Gasteiger partial charge in [0.15, 0.2) is 4.96 Å². The zero-order valence-corrected chi connectivity index (χ0v) is 15.3. The molecule has 134 valence electrons. The van der Waals surface area contributed by atoms with Gasteiger partial charge in [-0.15, -0.1) is 11.3 Å². The van der Waals surface area contributed by atoms with Crippen molar-refractivity contribution in [1.82, 2.24) is 9.38 Å². The Kier molecular flexibility index (Phi) is 4.46. The Hall–Kier alpha value is -2.67. The predicted octanol–water partition coefficient (Wildman–Crippen LogP) is 3.24. The number of carbonyl (C=O) groups is 1. The van der Waals surface area contributed by atoms with Gasteiger partial charge >= 0.3 is 0 Å². The Bertz CT molecular complexity index is 985. The number of hydrogen-bond acceptors (Lipinski definition) is 5. The lowest BCUT2D eigenvalue weighted by Gasteiger charge is -2.32. The van der Waals surface area contributed by atoms with Crippen LogP contribution in [-0.2, 0) is 0 Å². The minimum absolute atomic E-state index is 0.0370. The number of rotatable bonds is 3. The molecule has 6 nitrogen and oxygen atoms in total. The average molecular weight is 368 g/mol. The van der Waals surface area contributed by atoms with E-state index in [0.717, 1.165) is 24.7 Å². The average Bonchev–Trinajstić information content (AvgIpc) is 3.13. The highest BCUT2D eigenvalue weighted by Gasteiger charge is 2.17. The summed E-state index contributed by atoms with van der Waals surface area (Å²) in [6, 6.07) is 7.77. The lowest BCUT2D eigenvalue weighted by molar-refractivity contribution is 0.102. The Morgan fingerprint density at radius 1 is 1.23 bits per heavy atom. The highest BCUT2D eigenvalue weighted by molar-refractivity contribution is 7.15. The van der Waals surface area contributed by atoms with E-state index in [2.05, 4.69) is 22.1 Å². The molecule has 0 bridgehead atoms. The topological polar surface area (TPSA) is 66.7 Å². The molecule has 1 amide bonds. The highest BCUT2D eigenvalue weighted by atomic mass is 32.1. The molecule has 1 aliphatic heterocycles. The van der Waals surface area contributed by atoms with Crippen LogP contribution in [0.15, 0.2) is 46.8 Å².